The fraction of sp³-hybridized carbons (Fsp3) is 0.304. The summed E-state index contributed by atoms with van der Waals surface area (Å²) in [5, 5.41) is 4.67. The number of piperazine rings is 1. The third-order valence-corrected chi connectivity index (χ3v) is 6.12. The van der Waals surface area contributed by atoms with Crippen molar-refractivity contribution in [2.45, 2.75) is 20.8 Å². The van der Waals surface area contributed by atoms with Crippen LogP contribution in [0.2, 0.25) is 5.15 Å². The van der Waals surface area contributed by atoms with Crippen LogP contribution >= 0.6 is 11.6 Å². The molecule has 2 heterocycles. The van der Waals surface area contributed by atoms with Crippen molar-refractivity contribution in [2.75, 3.05) is 31.1 Å². The van der Waals surface area contributed by atoms with Gasteiger partial charge in [-0.15, -0.1) is 0 Å². The first-order chi connectivity index (χ1) is 14.4. The SMILES string of the molecule is Cc1cccc(N2CCN(C(=O)c3c(C)nn(-c4ccc(F)cc4)c3Cl)CC2)c1C. The van der Waals surface area contributed by atoms with Crippen LogP contribution in [0.25, 0.3) is 5.69 Å². The van der Waals surface area contributed by atoms with Gasteiger partial charge in [-0.1, -0.05) is 23.7 Å². The normalized spacial score (nSPS) is 14.3. The lowest BCUT2D eigenvalue weighted by Gasteiger charge is -2.37. The topological polar surface area (TPSA) is 41.4 Å². The van der Waals surface area contributed by atoms with Crippen molar-refractivity contribution >= 4 is 23.2 Å². The molecule has 0 N–H and O–H groups in total. The van der Waals surface area contributed by atoms with Gasteiger partial charge in [0.25, 0.3) is 5.91 Å². The summed E-state index contributed by atoms with van der Waals surface area (Å²) in [6, 6.07) is 12.2. The fourth-order valence-corrected chi connectivity index (χ4v) is 4.24. The Balaban J connectivity index is 1.52. The van der Waals surface area contributed by atoms with Crippen LogP contribution < -0.4 is 4.90 Å². The van der Waals surface area contributed by atoms with E-state index in [2.05, 4.69) is 42.0 Å². The van der Waals surface area contributed by atoms with E-state index in [-0.39, 0.29) is 16.9 Å². The summed E-state index contributed by atoms with van der Waals surface area (Å²) < 4.78 is 14.7. The highest BCUT2D eigenvalue weighted by molar-refractivity contribution is 6.33. The van der Waals surface area contributed by atoms with Gasteiger partial charge in [-0.3, -0.25) is 4.79 Å². The van der Waals surface area contributed by atoms with Crippen LogP contribution in [-0.2, 0) is 0 Å². The van der Waals surface area contributed by atoms with E-state index < -0.39 is 0 Å². The van der Waals surface area contributed by atoms with Gasteiger partial charge in [-0.05, 0) is 62.2 Å². The monoisotopic (exact) mass is 426 g/mol. The zero-order valence-corrected chi connectivity index (χ0v) is 18.1. The summed E-state index contributed by atoms with van der Waals surface area (Å²) in [6.45, 7) is 8.77. The number of carbonyl (C=O) groups excluding carboxylic acids is 1. The molecule has 0 radical (unpaired) electrons. The van der Waals surface area contributed by atoms with E-state index in [9.17, 15) is 9.18 Å². The maximum atomic E-state index is 13.2. The largest absolute Gasteiger partial charge is 0.368 e. The molecule has 5 nitrogen and oxygen atoms in total. The van der Waals surface area contributed by atoms with Gasteiger partial charge >= 0.3 is 0 Å². The predicted octanol–water partition coefficient (Wildman–Crippen LogP) is 4.55. The van der Waals surface area contributed by atoms with E-state index in [1.165, 1.54) is 33.6 Å². The molecule has 156 valence electrons. The van der Waals surface area contributed by atoms with Crippen LogP contribution in [0.3, 0.4) is 0 Å². The second kappa shape index (κ2) is 8.11. The second-order valence-corrected chi connectivity index (χ2v) is 8.00. The summed E-state index contributed by atoms with van der Waals surface area (Å²) in [5.74, 6) is -0.455. The molecule has 1 aliphatic rings. The lowest BCUT2D eigenvalue weighted by molar-refractivity contribution is 0.0746. The Hall–Kier alpha value is -2.86. The molecule has 0 saturated carbocycles. The number of halogens is 2. The lowest BCUT2D eigenvalue weighted by atomic mass is 10.1. The Labute approximate surface area is 180 Å². The molecular weight excluding hydrogens is 403 g/mol. The van der Waals surface area contributed by atoms with Gasteiger partial charge in [0.1, 0.15) is 11.0 Å². The van der Waals surface area contributed by atoms with Gasteiger partial charge in [0.2, 0.25) is 0 Å². The maximum absolute atomic E-state index is 13.2. The zero-order valence-electron chi connectivity index (χ0n) is 17.3. The van der Waals surface area contributed by atoms with Crippen LogP contribution in [0, 0.1) is 26.6 Å². The number of anilines is 1. The van der Waals surface area contributed by atoms with Gasteiger partial charge in [0, 0.05) is 31.9 Å². The average molecular weight is 427 g/mol. The molecular formula is C23H24ClFN4O. The highest BCUT2D eigenvalue weighted by Crippen LogP contribution is 2.27. The molecule has 1 fully saturated rings. The van der Waals surface area contributed by atoms with E-state index in [1.807, 2.05) is 4.90 Å². The van der Waals surface area contributed by atoms with Gasteiger partial charge in [0.05, 0.1) is 16.9 Å². The Bertz CT molecular complexity index is 1090. The van der Waals surface area contributed by atoms with Crippen LogP contribution in [0.5, 0.6) is 0 Å². The average Bonchev–Trinajstić information content (AvgIpc) is 3.04. The van der Waals surface area contributed by atoms with Gasteiger partial charge in [-0.25, -0.2) is 9.07 Å². The first kappa shape index (κ1) is 20.4. The molecule has 0 unspecified atom stereocenters. The summed E-state index contributed by atoms with van der Waals surface area (Å²) >= 11 is 6.53. The molecule has 0 spiro atoms. The number of hydrogen-bond donors (Lipinski definition) is 0. The van der Waals surface area contributed by atoms with E-state index >= 15 is 0 Å². The smallest absolute Gasteiger partial charge is 0.259 e. The van der Waals surface area contributed by atoms with Crippen LogP contribution in [0.1, 0.15) is 27.2 Å². The van der Waals surface area contributed by atoms with Crippen molar-refractivity contribution in [1.82, 2.24) is 14.7 Å². The van der Waals surface area contributed by atoms with Crippen molar-refractivity contribution in [3.63, 3.8) is 0 Å². The number of amides is 1. The maximum Gasteiger partial charge on any atom is 0.259 e. The minimum atomic E-state index is -0.336. The van der Waals surface area contributed by atoms with Crippen molar-refractivity contribution in [1.29, 1.82) is 0 Å². The third-order valence-electron chi connectivity index (χ3n) is 5.77. The summed E-state index contributed by atoms with van der Waals surface area (Å²) in [6.07, 6.45) is 0. The van der Waals surface area contributed by atoms with E-state index in [4.69, 9.17) is 11.6 Å². The lowest BCUT2D eigenvalue weighted by Crippen LogP contribution is -2.49. The number of benzene rings is 2. The Morgan fingerprint density at radius 3 is 2.33 bits per heavy atom. The molecule has 7 heteroatoms. The van der Waals surface area contributed by atoms with Crippen molar-refractivity contribution in [3.8, 4) is 5.69 Å². The van der Waals surface area contributed by atoms with Gasteiger partial charge < -0.3 is 9.80 Å². The van der Waals surface area contributed by atoms with Crippen molar-refractivity contribution in [2.24, 2.45) is 0 Å². The number of rotatable bonds is 3. The summed E-state index contributed by atoms with van der Waals surface area (Å²) in [4.78, 5) is 17.4. The molecule has 0 bridgehead atoms. The number of nitrogens with zero attached hydrogens (tertiary/aromatic N) is 4. The highest BCUT2D eigenvalue weighted by Gasteiger charge is 2.28. The Kier molecular flexibility index (Phi) is 5.52. The number of aryl methyl sites for hydroxylation is 2. The molecule has 30 heavy (non-hydrogen) atoms. The molecule has 3 aromatic rings. The molecule has 0 atom stereocenters. The Morgan fingerprint density at radius 1 is 1.00 bits per heavy atom. The zero-order chi connectivity index (χ0) is 21.4. The minimum absolute atomic E-state index is 0.119. The quantitative estimate of drug-likeness (QED) is 0.616. The summed E-state index contributed by atoms with van der Waals surface area (Å²) in [5.41, 5.74) is 5.34. The number of aromatic nitrogens is 2. The molecule has 1 amide bonds. The molecule has 1 saturated heterocycles. The van der Waals surface area contributed by atoms with Crippen LogP contribution in [0.4, 0.5) is 10.1 Å². The van der Waals surface area contributed by atoms with E-state index in [0.29, 0.717) is 30.0 Å². The molecule has 2 aromatic carbocycles. The predicted molar refractivity (Wildman–Crippen MR) is 117 cm³/mol. The third kappa shape index (κ3) is 3.67. The second-order valence-electron chi connectivity index (χ2n) is 7.64. The molecule has 1 aliphatic heterocycles. The van der Waals surface area contributed by atoms with Crippen molar-refractivity contribution < 1.29 is 9.18 Å². The molecule has 4 rings (SSSR count). The first-order valence-corrected chi connectivity index (χ1v) is 10.4. The van der Waals surface area contributed by atoms with Crippen LogP contribution in [0.15, 0.2) is 42.5 Å². The van der Waals surface area contributed by atoms with E-state index in [0.717, 1.165) is 13.1 Å². The molecule has 1 aromatic heterocycles. The van der Waals surface area contributed by atoms with E-state index in [1.54, 1.807) is 19.1 Å². The number of carbonyl (C=O) groups is 1. The summed E-state index contributed by atoms with van der Waals surface area (Å²) in [7, 11) is 0. The standard InChI is InChI=1S/C23H24ClFN4O/c1-15-5-4-6-20(16(15)2)27-11-13-28(14-12-27)23(30)21-17(3)26-29(22(21)24)19-9-7-18(25)8-10-19/h4-10H,11-14H2,1-3H3. The first-order valence-electron chi connectivity index (χ1n) is 9.98. The van der Waals surface area contributed by atoms with Gasteiger partial charge in [0.15, 0.2) is 0 Å². The number of hydrogen-bond acceptors (Lipinski definition) is 3. The minimum Gasteiger partial charge on any atom is -0.368 e. The van der Waals surface area contributed by atoms with Crippen LogP contribution in [-0.4, -0.2) is 46.8 Å². The van der Waals surface area contributed by atoms with Gasteiger partial charge in [-0.2, -0.15) is 5.10 Å². The fourth-order valence-electron chi connectivity index (χ4n) is 3.88. The highest BCUT2D eigenvalue weighted by atomic mass is 35.5. The van der Waals surface area contributed by atoms with Crippen molar-refractivity contribution in [3.05, 3.63) is 75.8 Å². The molecule has 0 aliphatic carbocycles. The Morgan fingerprint density at radius 2 is 1.67 bits per heavy atom.